The van der Waals surface area contributed by atoms with E-state index >= 15 is 0 Å². The van der Waals surface area contributed by atoms with Crippen LogP contribution in [0.2, 0.25) is 0 Å². The molecule has 0 aliphatic rings. The highest BCUT2D eigenvalue weighted by atomic mass is 19.4. The van der Waals surface area contributed by atoms with E-state index in [0.29, 0.717) is 0 Å². The number of halogens is 3. The topological polar surface area (TPSA) is 52.3 Å². The van der Waals surface area contributed by atoms with Gasteiger partial charge in [0.15, 0.2) is 5.78 Å². The normalized spacial score (nSPS) is 11.3. The van der Waals surface area contributed by atoms with Crippen molar-refractivity contribution >= 4 is 11.5 Å². The van der Waals surface area contributed by atoms with Crippen molar-refractivity contribution in [2.45, 2.75) is 19.7 Å². The third kappa shape index (κ3) is 3.58. The molecule has 0 heterocycles. The van der Waals surface area contributed by atoms with Crippen molar-refractivity contribution < 1.29 is 22.7 Å². The average Bonchev–Trinajstić information content (AvgIpc) is 2.44. The summed E-state index contributed by atoms with van der Waals surface area (Å²) < 4.78 is 44.6. The summed E-state index contributed by atoms with van der Waals surface area (Å²) >= 11 is 0. The van der Waals surface area contributed by atoms with Gasteiger partial charge in [-0.15, -0.1) is 0 Å². The van der Waals surface area contributed by atoms with E-state index in [1.165, 1.54) is 6.07 Å². The maximum atomic E-state index is 13.1. The van der Waals surface area contributed by atoms with E-state index in [2.05, 4.69) is 0 Å². The lowest BCUT2D eigenvalue weighted by Gasteiger charge is -2.16. The van der Waals surface area contributed by atoms with E-state index in [0.717, 1.165) is 18.6 Å². The van der Waals surface area contributed by atoms with Crippen LogP contribution in [0.4, 0.5) is 18.9 Å². The summed E-state index contributed by atoms with van der Waals surface area (Å²) in [6.07, 6.45) is -4.68. The third-order valence-corrected chi connectivity index (χ3v) is 3.05. The molecule has 22 heavy (non-hydrogen) atoms. The number of carbonyl (C=O) groups is 1. The van der Waals surface area contributed by atoms with Crippen LogP contribution in [0, 0.1) is 0 Å². The molecular formula is C16H14F3NO2. The van der Waals surface area contributed by atoms with Gasteiger partial charge in [-0.05, 0) is 18.6 Å². The van der Waals surface area contributed by atoms with Gasteiger partial charge >= 0.3 is 6.18 Å². The van der Waals surface area contributed by atoms with Crippen molar-refractivity contribution in [3.05, 3.63) is 59.2 Å². The summed E-state index contributed by atoms with van der Waals surface area (Å²) in [7, 11) is 0. The van der Waals surface area contributed by atoms with Crippen LogP contribution in [0.1, 0.15) is 28.4 Å². The maximum Gasteiger partial charge on any atom is 0.417 e. The molecule has 0 saturated carbocycles. The van der Waals surface area contributed by atoms with Crippen molar-refractivity contribution in [1.29, 1.82) is 0 Å². The highest BCUT2D eigenvalue weighted by Crippen LogP contribution is 2.37. The van der Waals surface area contributed by atoms with Crippen molar-refractivity contribution in [3.8, 4) is 5.75 Å². The molecule has 2 aromatic rings. The number of hydrogen-bond donors (Lipinski definition) is 1. The molecule has 2 rings (SSSR count). The quantitative estimate of drug-likeness (QED) is 0.684. The average molecular weight is 309 g/mol. The number of Topliss-reactive ketones (excluding diaryl/α,β-unsaturated/α-hetero) is 1. The van der Waals surface area contributed by atoms with Crippen LogP contribution in [0.5, 0.6) is 5.75 Å². The van der Waals surface area contributed by atoms with Crippen LogP contribution in [-0.4, -0.2) is 5.78 Å². The highest BCUT2D eigenvalue weighted by molar-refractivity contribution is 6.01. The highest BCUT2D eigenvalue weighted by Gasteiger charge is 2.36. The molecule has 0 saturated heterocycles. The van der Waals surface area contributed by atoms with E-state index < -0.39 is 23.1 Å². The summed E-state index contributed by atoms with van der Waals surface area (Å²) in [5, 5.41) is 0. The van der Waals surface area contributed by atoms with E-state index in [1.807, 2.05) is 6.07 Å². The molecule has 0 aromatic heterocycles. The van der Waals surface area contributed by atoms with Crippen LogP contribution in [0.3, 0.4) is 0 Å². The van der Waals surface area contributed by atoms with Gasteiger partial charge in [-0.3, -0.25) is 4.79 Å². The van der Waals surface area contributed by atoms with E-state index in [9.17, 15) is 18.0 Å². The standard InChI is InChI=1S/C16H14F3NO2/c1-10(21)15-13(16(17,18)19)7-12(8-14(15)20)22-9-11-5-3-2-4-6-11/h2-8H,9,20H2,1H3. The Bertz CT molecular complexity index is 682. The SMILES string of the molecule is CC(=O)c1c(N)cc(OCc2ccccc2)cc1C(F)(F)F. The summed E-state index contributed by atoms with van der Waals surface area (Å²) in [5.41, 5.74) is 4.54. The van der Waals surface area contributed by atoms with Gasteiger partial charge in [-0.1, -0.05) is 30.3 Å². The van der Waals surface area contributed by atoms with Gasteiger partial charge in [0.2, 0.25) is 0 Å². The minimum Gasteiger partial charge on any atom is -0.489 e. The number of alkyl halides is 3. The van der Waals surface area contributed by atoms with Gasteiger partial charge in [-0.2, -0.15) is 13.2 Å². The zero-order valence-electron chi connectivity index (χ0n) is 11.8. The molecular weight excluding hydrogens is 295 g/mol. The fourth-order valence-electron chi connectivity index (χ4n) is 2.08. The van der Waals surface area contributed by atoms with Gasteiger partial charge in [0.25, 0.3) is 0 Å². The Kier molecular flexibility index (Phi) is 4.40. The Morgan fingerprint density at radius 2 is 1.82 bits per heavy atom. The van der Waals surface area contributed by atoms with Gasteiger partial charge in [0.05, 0.1) is 11.1 Å². The number of ketones is 1. The minimum atomic E-state index is -4.68. The molecule has 2 aromatic carbocycles. The Balaban J connectivity index is 2.34. The Morgan fingerprint density at radius 1 is 1.18 bits per heavy atom. The van der Waals surface area contributed by atoms with Crippen molar-refractivity contribution in [2.75, 3.05) is 5.73 Å². The van der Waals surface area contributed by atoms with Crippen molar-refractivity contribution in [3.63, 3.8) is 0 Å². The lowest BCUT2D eigenvalue weighted by molar-refractivity contribution is -0.138. The largest absolute Gasteiger partial charge is 0.489 e. The molecule has 116 valence electrons. The third-order valence-electron chi connectivity index (χ3n) is 3.05. The lowest BCUT2D eigenvalue weighted by Crippen LogP contribution is -2.14. The number of rotatable bonds is 4. The summed E-state index contributed by atoms with van der Waals surface area (Å²) in [5.74, 6) is -0.766. The molecule has 0 aliphatic carbocycles. The van der Waals surface area contributed by atoms with Crippen molar-refractivity contribution in [2.24, 2.45) is 0 Å². The molecule has 0 spiro atoms. The Morgan fingerprint density at radius 3 is 2.36 bits per heavy atom. The second kappa shape index (κ2) is 6.09. The molecule has 0 unspecified atom stereocenters. The number of ether oxygens (including phenoxy) is 1. The van der Waals surface area contributed by atoms with Crippen LogP contribution in [0.15, 0.2) is 42.5 Å². The first-order valence-corrected chi connectivity index (χ1v) is 6.47. The number of hydrogen-bond acceptors (Lipinski definition) is 3. The fraction of sp³-hybridized carbons (Fsp3) is 0.188. The zero-order valence-corrected chi connectivity index (χ0v) is 11.8. The van der Waals surface area contributed by atoms with Crippen LogP contribution < -0.4 is 10.5 Å². The lowest BCUT2D eigenvalue weighted by atomic mass is 10.0. The van der Waals surface area contributed by atoms with Crippen LogP contribution in [0.25, 0.3) is 0 Å². The molecule has 0 radical (unpaired) electrons. The summed E-state index contributed by atoms with van der Waals surface area (Å²) in [6.45, 7) is 1.16. The number of carbonyl (C=O) groups excluding carboxylic acids is 1. The first kappa shape index (κ1) is 15.9. The number of anilines is 1. The molecule has 2 N–H and O–H groups in total. The second-order valence-electron chi connectivity index (χ2n) is 4.76. The number of nitrogens with two attached hydrogens (primary N) is 1. The molecule has 0 aliphatic heterocycles. The second-order valence-corrected chi connectivity index (χ2v) is 4.76. The summed E-state index contributed by atoms with van der Waals surface area (Å²) in [4.78, 5) is 11.4. The Labute approximate surface area is 125 Å². The predicted molar refractivity (Wildman–Crippen MR) is 76.6 cm³/mol. The number of benzene rings is 2. The van der Waals surface area contributed by atoms with Gasteiger partial charge in [0, 0.05) is 11.8 Å². The first-order chi connectivity index (χ1) is 10.3. The minimum absolute atomic E-state index is 0.0290. The predicted octanol–water partition coefficient (Wildman–Crippen LogP) is 4.07. The molecule has 3 nitrogen and oxygen atoms in total. The number of nitrogen functional groups attached to an aromatic ring is 1. The first-order valence-electron chi connectivity index (χ1n) is 6.47. The van der Waals surface area contributed by atoms with Crippen molar-refractivity contribution in [1.82, 2.24) is 0 Å². The maximum absolute atomic E-state index is 13.1. The van der Waals surface area contributed by atoms with Gasteiger partial charge in [-0.25, -0.2) is 0 Å². The van der Waals surface area contributed by atoms with Crippen LogP contribution >= 0.6 is 0 Å². The molecule has 0 fully saturated rings. The van der Waals surface area contributed by atoms with Gasteiger partial charge < -0.3 is 10.5 Å². The molecule has 0 atom stereocenters. The van der Waals surface area contributed by atoms with Crippen LogP contribution in [-0.2, 0) is 12.8 Å². The summed E-state index contributed by atoms with van der Waals surface area (Å²) in [6, 6.07) is 11.0. The smallest absolute Gasteiger partial charge is 0.417 e. The fourth-order valence-corrected chi connectivity index (χ4v) is 2.08. The van der Waals surface area contributed by atoms with E-state index in [4.69, 9.17) is 10.5 Å². The Hall–Kier alpha value is -2.50. The zero-order chi connectivity index (χ0) is 16.3. The van der Waals surface area contributed by atoms with E-state index in [-0.39, 0.29) is 18.0 Å². The van der Waals surface area contributed by atoms with Gasteiger partial charge in [0.1, 0.15) is 12.4 Å². The molecule has 0 amide bonds. The monoisotopic (exact) mass is 309 g/mol. The molecule has 0 bridgehead atoms. The van der Waals surface area contributed by atoms with E-state index in [1.54, 1.807) is 24.3 Å². The molecule has 6 heteroatoms.